The van der Waals surface area contributed by atoms with Crippen LogP contribution in [-0.4, -0.2) is 27.2 Å². The van der Waals surface area contributed by atoms with Crippen LogP contribution in [-0.2, 0) is 4.79 Å². The van der Waals surface area contributed by atoms with Gasteiger partial charge in [-0.1, -0.05) is 32.8 Å². The third kappa shape index (κ3) is 4.04. The molecule has 0 bridgehead atoms. The Morgan fingerprint density at radius 3 is 2.64 bits per heavy atom. The summed E-state index contributed by atoms with van der Waals surface area (Å²) in [5.41, 5.74) is 1.63. The number of anilines is 1. The van der Waals surface area contributed by atoms with Crippen LogP contribution >= 0.6 is 11.5 Å². The molecule has 1 saturated carbocycles. The zero-order valence-corrected chi connectivity index (χ0v) is 15.2. The van der Waals surface area contributed by atoms with Gasteiger partial charge in [0.2, 0.25) is 5.91 Å². The maximum atomic E-state index is 12.7. The number of nitrogens with one attached hydrogen (secondary N) is 2. The van der Waals surface area contributed by atoms with Crippen molar-refractivity contribution in [1.82, 2.24) is 14.7 Å². The van der Waals surface area contributed by atoms with Gasteiger partial charge in [0.15, 0.2) is 0 Å². The first kappa shape index (κ1) is 17.5. The van der Waals surface area contributed by atoms with Crippen LogP contribution in [0.1, 0.15) is 49.2 Å². The summed E-state index contributed by atoms with van der Waals surface area (Å²) in [6, 6.07) is 5.70. The molecule has 132 valence electrons. The summed E-state index contributed by atoms with van der Waals surface area (Å²) in [7, 11) is 0. The first-order chi connectivity index (χ1) is 12.1. The van der Waals surface area contributed by atoms with Gasteiger partial charge in [-0.15, -0.1) is 0 Å². The van der Waals surface area contributed by atoms with E-state index >= 15 is 0 Å². The summed E-state index contributed by atoms with van der Waals surface area (Å²) in [5.74, 6) is -0.514. The van der Waals surface area contributed by atoms with Crippen LogP contribution in [0.5, 0.6) is 0 Å². The van der Waals surface area contributed by atoms with Crippen LogP contribution < -0.4 is 10.6 Å². The van der Waals surface area contributed by atoms with Gasteiger partial charge in [-0.2, -0.15) is 4.37 Å². The Balaban J connectivity index is 1.92. The average molecular weight is 358 g/mol. The van der Waals surface area contributed by atoms with Crippen molar-refractivity contribution in [1.29, 1.82) is 0 Å². The predicted molar refractivity (Wildman–Crippen MR) is 98.5 cm³/mol. The van der Waals surface area contributed by atoms with Crippen LogP contribution in [0.4, 0.5) is 5.69 Å². The second-order valence-electron chi connectivity index (χ2n) is 6.55. The molecule has 3 rings (SSSR count). The van der Waals surface area contributed by atoms with Crippen molar-refractivity contribution in [2.24, 2.45) is 5.92 Å². The Hall–Kier alpha value is -2.28. The minimum Gasteiger partial charge on any atom is -0.348 e. The summed E-state index contributed by atoms with van der Waals surface area (Å²) in [5, 5.41) is 5.93. The highest BCUT2D eigenvalue weighted by molar-refractivity contribution is 7.09. The summed E-state index contributed by atoms with van der Waals surface area (Å²) in [6.07, 6.45) is 5.96. The van der Waals surface area contributed by atoms with Gasteiger partial charge in [0.05, 0.1) is 11.4 Å². The summed E-state index contributed by atoms with van der Waals surface area (Å²) >= 11 is 1.10. The topological polar surface area (TPSA) is 84.0 Å². The molecule has 2 aromatic rings. The molecule has 2 aromatic heterocycles. The van der Waals surface area contributed by atoms with Gasteiger partial charge >= 0.3 is 0 Å². The molecule has 2 amide bonds. The molecule has 1 fully saturated rings. The first-order valence-electron chi connectivity index (χ1n) is 8.59. The largest absolute Gasteiger partial charge is 0.348 e. The number of nitrogens with zero attached hydrogens (tertiary/aromatic N) is 2. The van der Waals surface area contributed by atoms with Gasteiger partial charge in [-0.3, -0.25) is 14.6 Å². The number of carbonyl (C=O) groups excluding carboxylic acids is 2. The van der Waals surface area contributed by atoms with E-state index in [2.05, 4.69) is 20.0 Å². The van der Waals surface area contributed by atoms with Crippen molar-refractivity contribution in [2.45, 2.75) is 45.6 Å². The van der Waals surface area contributed by atoms with Crippen LogP contribution in [0.15, 0.2) is 24.4 Å². The number of rotatable bonds is 5. The third-order valence-corrected chi connectivity index (χ3v) is 5.11. The molecule has 0 saturated heterocycles. The standard InChI is InChI=1S/C18H22N4O2S/c1-11(2)17(23)21-15-14(13-9-5-6-10-19-13)22-25-16(15)18(24)20-12-7-3-4-8-12/h5-6,9-12H,3-4,7-8H2,1-2H3,(H,20,24)(H,21,23). The van der Waals surface area contributed by atoms with E-state index in [0.29, 0.717) is 22.0 Å². The molecule has 2 N–H and O–H groups in total. The van der Waals surface area contributed by atoms with E-state index in [1.807, 2.05) is 32.0 Å². The number of pyridine rings is 1. The van der Waals surface area contributed by atoms with Gasteiger partial charge in [-0.25, -0.2) is 0 Å². The van der Waals surface area contributed by atoms with Gasteiger partial charge in [0.25, 0.3) is 5.91 Å². The fraction of sp³-hybridized carbons (Fsp3) is 0.444. The lowest BCUT2D eigenvalue weighted by Crippen LogP contribution is -2.32. The zero-order valence-electron chi connectivity index (χ0n) is 14.4. The fourth-order valence-electron chi connectivity index (χ4n) is 2.83. The summed E-state index contributed by atoms with van der Waals surface area (Å²) < 4.78 is 4.40. The van der Waals surface area contributed by atoms with Gasteiger partial charge in [0.1, 0.15) is 10.6 Å². The molecule has 25 heavy (non-hydrogen) atoms. The van der Waals surface area contributed by atoms with E-state index in [1.165, 1.54) is 0 Å². The predicted octanol–water partition coefficient (Wildman–Crippen LogP) is 3.47. The molecule has 0 radical (unpaired) electrons. The van der Waals surface area contributed by atoms with Gasteiger partial charge in [-0.05, 0) is 36.5 Å². The molecule has 0 spiro atoms. The molecule has 0 unspecified atom stereocenters. The molecular weight excluding hydrogens is 336 g/mol. The van der Waals surface area contributed by atoms with Crippen molar-refractivity contribution >= 4 is 29.0 Å². The van der Waals surface area contributed by atoms with Gasteiger partial charge in [0, 0.05) is 18.2 Å². The van der Waals surface area contributed by atoms with E-state index in [1.54, 1.807) is 6.20 Å². The number of amides is 2. The van der Waals surface area contributed by atoms with Crippen LogP contribution in [0.3, 0.4) is 0 Å². The van der Waals surface area contributed by atoms with E-state index < -0.39 is 0 Å². The maximum absolute atomic E-state index is 12.7. The molecule has 1 aliphatic rings. The first-order valence-corrected chi connectivity index (χ1v) is 9.36. The lowest BCUT2D eigenvalue weighted by Gasteiger charge is -2.13. The molecule has 0 aliphatic heterocycles. The minimum atomic E-state index is -0.192. The third-order valence-electron chi connectivity index (χ3n) is 4.27. The van der Waals surface area contributed by atoms with E-state index in [0.717, 1.165) is 37.2 Å². The number of carbonyl (C=O) groups is 2. The lowest BCUT2D eigenvalue weighted by atomic mass is 10.1. The highest BCUT2D eigenvalue weighted by Gasteiger charge is 2.26. The number of hydrogen-bond donors (Lipinski definition) is 2. The van der Waals surface area contributed by atoms with Crippen LogP contribution in [0.2, 0.25) is 0 Å². The van der Waals surface area contributed by atoms with E-state index in [4.69, 9.17) is 0 Å². The highest BCUT2D eigenvalue weighted by atomic mass is 32.1. The Labute approximate surface area is 151 Å². The molecule has 2 heterocycles. The monoisotopic (exact) mass is 358 g/mol. The molecular formula is C18H22N4O2S. The lowest BCUT2D eigenvalue weighted by molar-refractivity contribution is -0.118. The number of aromatic nitrogens is 2. The maximum Gasteiger partial charge on any atom is 0.265 e. The van der Waals surface area contributed by atoms with Crippen molar-refractivity contribution in [2.75, 3.05) is 5.32 Å². The van der Waals surface area contributed by atoms with Crippen molar-refractivity contribution in [3.05, 3.63) is 29.3 Å². The Morgan fingerprint density at radius 1 is 1.24 bits per heavy atom. The second-order valence-corrected chi connectivity index (χ2v) is 7.32. The average Bonchev–Trinajstić information content (AvgIpc) is 3.25. The molecule has 7 heteroatoms. The number of hydrogen-bond acceptors (Lipinski definition) is 5. The second kappa shape index (κ2) is 7.74. The van der Waals surface area contributed by atoms with E-state index in [9.17, 15) is 9.59 Å². The molecule has 0 atom stereocenters. The normalized spacial score (nSPS) is 14.7. The summed E-state index contributed by atoms with van der Waals surface area (Å²) in [4.78, 5) is 29.7. The Kier molecular flexibility index (Phi) is 5.43. The van der Waals surface area contributed by atoms with Crippen molar-refractivity contribution < 1.29 is 9.59 Å². The van der Waals surface area contributed by atoms with Crippen molar-refractivity contribution in [3.63, 3.8) is 0 Å². The quantitative estimate of drug-likeness (QED) is 0.857. The van der Waals surface area contributed by atoms with Crippen LogP contribution in [0.25, 0.3) is 11.4 Å². The smallest absolute Gasteiger partial charge is 0.265 e. The molecule has 1 aliphatic carbocycles. The highest BCUT2D eigenvalue weighted by Crippen LogP contribution is 2.33. The molecule has 6 nitrogen and oxygen atoms in total. The fourth-order valence-corrected chi connectivity index (χ4v) is 3.58. The van der Waals surface area contributed by atoms with Crippen molar-refractivity contribution in [3.8, 4) is 11.4 Å². The van der Waals surface area contributed by atoms with Crippen LogP contribution in [0, 0.1) is 5.92 Å². The minimum absolute atomic E-state index is 0.146. The summed E-state index contributed by atoms with van der Waals surface area (Å²) in [6.45, 7) is 3.63. The van der Waals surface area contributed by atoms with E-state index in [-0.39, 0.29) is 23.8 Å². The van der Waals surface area contributed by atoms with Gasteiger partial charge < -0.3 is 10.6 Å². The SMILES string of the molecule is CC(C)C(=O)Nc1c(-c2ccccn2)nsc1C(=O)NC1CCCC1. The zero-order chi connectivity index (χ0) is 17.8. The Bertz CT molecular complexity index is 752. The molecule has 0 aromatic carbocycles. The Morgan fingerprint density at radius 2 is 2.00 bits per heavy atom.